The number of hydrogen-bond donors (Lipinski definition) is 1. The Kier molecular flexibility index (Phi) is 4.54. The lowest BCUT2D eigenvalue weighted by atomic mass is 9.91. The summed E-state index contributed by atoms with van der Waals surface area (Å²) in [6, 6.07) is 0. The molecule has 0 amide bonds. The molecule has 1 saturated heterocycles. The van der Waals surface area contributed by atoms with Gasteiger partial charge in [-0.3, -0.25) is 10.1 Å². The molecule has 1 heterocycles. The van der Waals surface area contributed by atoms with Crippen molar-refractivity contribution in [1.29, 1.82) is 0 Å². The topological polar surface area (TPSA) is 55.4 Å². The molecule has 0 aromatic rings. The summed E-state index contributed by atoms with van der Waals surface area (Å²) in [4.78, 5) is 23.4. The molecule has 86 valence electrons. The lowest BCUT2D eigenvalue weighted by Crippen LogP contribution is -2.53. The molecule has 1 atom stereocenters. The number of ether oxygens (including phenoxy) is 1. The Hall–Kier alpha value is -0.610. The average molecular weight is 234 g/mol. The summed E-state index contributed by atoms with van der Waals surface area (Å²) in [7, 11) is 0. The Labute approximate surface area is 94.3 Å². The van der Waals surface area contributed by atoms with Gasteiger partial charge in [0.15, 0.2) is 11.3 Å². The van der Waals surface area contributed by atoms with Crippen LogP contribution < -0.4 is 5.32 Å². The van der Waals surface area contributed by atoms with Crippen LogP contribution in [-0.4, -0.2) is 36.3 Å². The van der Waals surface area contributed by atoms with E-state index in [2.05, 4.69) is 5.32 Å². The third kappa shape index (κ3) is 2.49. The third-order valence-electron chi connectivity index (χ3n) is 2.56. The van der Waals surface area contributed by atoms with Crippen molar-refractivity contribution in [3.05, 3.63) is 0 Å². The van der Waals surface area contributed by atoms with Crippen LogP contribution in [0.5, 0.6) is 0 Å². The van der Waals surface area contributed by atoms with Crippen LogP contribution in [-0.2, 0) is 14.3 Å². The number of carbonyl (C=O) groups is 2. The van der Waals surface area contributed by atoms with Gasteiger partial charge in [0, 0.05) is 18.8 Å². The molecule has 15 heavy (non-hydrogen) atoms. The third-order valence-corrected chi connectivity index (χ3v) is 2.83. The van der Waals surface area contributed by atoms with E-state index in [0.29, 0.717) is 31.7 Å². The number of Topliss-reactive ketones (excluding diaryl/α,β-unsaturated/α-hetero) is 1. The van der Waals surface area contributed by atoms with Crippen LogP contribution in [0.15, 0.2) is 0 Å². The van der Waals surface area contributed by atoms with Gasteiger partial charge in [-0.1, -0.05) is 0 Å². The second-order valence-electron chi connectivity index (χ2n) is 3.52. The van der Waals surface area contributed by atoms with Crippen LogP contribution >= 0.6 is 11.6 Å². The predicted octanol–water partition coefficient (Wildman–Crippen LogP) is 0.870. The van der Waals surface area contributed by atoms with Crippen molar-refractivity contribution < 1.29 is 14.3 Å². The van der Waals surface area contributed by atoms with Gasteiger partial charge in [-0.25, -0.2) is 4.79 Å². The fourth-order valence-electron chi connectivity index (χ4n) is 1.80. The Morgan fingerprint density at radius 2 is 2.40 bits per heavy atom. The van der Waals surface area contributed by atoms with Gasteiger partial charge in [-0.15, -0.1) is 11.6 Å². The van der Waals surface area contributed by atoms with Gasteiger partial charge in [0.2, 0.25) is 0 Å². The molecule has 0 aromatic heterocycles. The van der Waals surface area contributed by atoms with E-state index in [9.17, 15) is 9.59 Å². The molecule has 1 N–H and O–H groups in total. The van der Waals surface area contributed by atoms with E-state index in [4.69, 9.17) is 16.3 Å². The largest absolute Gasteiger partial charge is 0.464 e. The van der Waals surface area contributed by atoms with Crippen LogP contribution in [0.25, 0.3) is 0 Å². The molecule has 0 spiro atoms. The fraction of sp³-hybridized carbons (Fsp3) is 0.800. The summed E-state index contributed by atoms with van der Waals surface area (Å²) in [5.74, 6) is -0.0977. The molecule has 4 nitrogen and oxygen atoms in total. The number of halogens is 1. The van der Waals surface area contributed by atoms with E-state index >= 15 is 0 Å². The van der Waals surface area contributed by atoms with Gasteiger partial charge in [-0.05, 0) is 19.8 Å². The standard InChI is InChI=1S/C10H16ClNO3/c1-2-15-9(14)10(5-3-6-11)8(13)4-7-12-10/h12H,2-7H2,1H3. The lowest BCUT2D eigenvalue weighted by Gasteiger charge is -2.24. The van der Waals surface area contributed by atoms with E-state index in [-0.39, 0.29) is 12.4 Å². The molecular formula is C10H16ClNO3. The minimum Gasteiger partial charge on any atom is -0.464 e. The maximum absolute atomic E-state index is 11.7. The van der Waals surface area contributed by atoms with Crippen molar-refractivity contribution in [2.75, 3.05) is 19.0 Å². The lowest BCUT2D eigenvalue weighted by molar-refractivity contribution is -0.154. The second kappa shape index (κ2) is 5.47. The number of carbonyl (C=O) groups excluding carboxylic acids is 2. The number of alkyl halides is 1. The second-order valence-corrected chi connectivity index (χ2v) is 3.90. The van der Waals surface area contributed by atoms with E-state index in [1.807, 2.05) is 0 Å². The zero-order valence-corrected chi connectivity index (χ0v) is 9.60. The highest BCUT2D eigenvalue weighted by Crippen LogP contribution is 2.23. The highest BCUT2D eigenvalue weighted by molar-refractivity contribution is 6.18. The molecule has 5 heteroatoms. The molecular weight excluding hydrogens is 218 g/mol. The number of rotatable bonds is 5. The van der Waals surface area contributed by atoms with Crippen molar-refractivity contribution >= 4 is 23.4 Å². The Morgan fingerprint density at radius 1 is 1.67 bits per heavy atom. The normalized spacial score (nSPS) is 25.6. The minimum atomic E-state index is -1.12. The van der Waals surface area contributed by atoms with E-state index in [1.165, 1.54) is 0 Å². The summed E-state index contributed by atoms with van der Waals surface area (Å²) < 4.78 is 4.93. The van der Waals surface area contributed by atoms with E-state index in [1.54, 1.807) is 6.92 Å². The van der Waals surface area contributed by atoms with Crippen LogP contribution in [0.3, 0.4) is 0 Å². The number of hydrogen-bond acceptors (Lipinski definition) is 4. The molecule has 0 bridgehead atoms. The highest BCUT2D eigenvalue weighted by Gasteiger charge is 2.49. The number of nitrogens with one attached hydrogen (secondary N) is 1. The van der Waals surface area contributed by atoms with Crippen molar-refractivity contribution in [3.8, 4) is 0 Å². The molecule has 0 radical (unpaired) electrons. The first-order valence-corrected chi connectivity index (χ1v) is 5.72. The Morgan fingerprint density at radius 3 is 2.87 bits per heavy atom. The smallest absolute Gasteiger partial charge is 0.334 e. The SMILES string of the molecule is CCOC(=O)C1(CCCCl)NCCC1=O. The summed E-state index contributed by atoms with van der Waals surface area (Å²) in [5.41, 5.74) is -1.12. The van der Waals surface area contributed by atoms with Crippen molar-refractivity contribution in [1.82, 2.24) is 5.32 Å². The van der Waals surface area contributed by atoms with Crippen molar-refractivity contribution in [2.45, 2.75) is 31.7 Å². The van der Waals surface area contributed by atoms with E-state index in [0.717, 1.165) is 0 Å². The molecule has 1 aliphatic rings. The first-order chi connectivity index (χ1) is 7.17. The summed E-state index contributed by atoms with van der Waals surface area (Å²) in [6.45, 7) is 2.56. The van der Waals surface area contributed by atoms with Crippen LogP contribution in [0.4, 0.5) is 0 Å². The maximum atomic E-state index is 11.7. The van der Waals surface area contributed by atoms with Gasteiger partial charge in [0.05, 0.1) is 6.61 Å². The zero-order chi connectivity index (χ0) is 11.3. The first-order valence-electron chi connectivity index (χ1n) is 5.19. The molecule has 1 rings (SSSR count). The molecule has 1 aliphatic heterocycles. The maximum Gasteiger partial charge on any atom is 0.334 e. The van der Waals surface area contributed by atoms with Gasteiger partial charge >= 0.3 is 5.97 Å². The predicted molar refractivity (Wildman–Crippen MR) is 56.9 cm³/mol. The van der Waals surface area contributed by atoms with Crippen molar-refractivity contribution in [3.63, 3.8) is 0 Å². The fourth-order valence-corrected chi connectivity index (χ4v) is 1.94. The van der Waals surface area contributed by atoms with Crippen LogP contribution in [0.2, 0.25) is 0 Å². The van der Waals surface area contributed by atoms with Gasteiger partial charge in [-0.2, -0.15) is 0 Å². The first kappa shape index (κ1) is 12.5. The summed E-state index contributed by atoms with van der Waals surface area (Å²) in [5, 5.41) is 2.96. The molecule has 0 aromatic carbocycles. The van der Waals surface area contributed by atoms with Gasteiger partial charge in [0.1, 0.15) is 0 Å². The number of esters is 1. The van der Waals surface area contributed by atoms with E-state index < -0.39 is 11.5 Å². The molecule has 0 aliphatic carbocycles. The zero-order valence-electron chi connectivity index (χ0n) is 8.85. The number of ketones is 1. The highest BCUT2D eigenvalue weighted by atomic mass is 35.5. The molecule has 1 unspecified atom stereocenters. The summed E-state index contributed by atoms with van der Waals surface area (Å²) in [6.07, 6.45) is 1.44. The minimum absolute atomic E-state index is 0.0777. The Bertz CT molecular complexity index is 257. The van der Waals surface area contributed by atoms with Crippen molar-refractivity contribution in [2.24, 2.45) is 0 Å². The monoisotopic (exact) mass is 233 g/mol. The summed E-state index contributed by atoms with van der Waals surface area (Å²) >= 11 is 5.58. The van der Waals surface area contributed by atoms with Crippen LogP contribution in [0.1, 0.15) is 26.2 Å². The van der Waals surface area contributed by atoms with Gasteiger partial charge < -0.3 is 4.74 Å². The average Bonchev–Trinajstić information content (AvgIpc) is 2.58. The van der Waals surface area contributed by atoms with Crippen LogP contribution in [0, 0.1) is 0 Å². The molecule has 0 saturated carbocycles. The Balaban J connectivity index is 2.76. The van der Waals surface area contributed by atoms with Gasteiger partial charge in [0.25, 0.3) is 0 Å². The molecule has 1 fully saturated rings. The quantitative estimate of drug-likeness (QED) is 0.435.